The molecule has 7 heteroatoms. The summed E-state index contributed by atoms with van der Waals surface area (Å²) in [5.41, 5.74) is 1.07. The Balaban J connectivity index is 1.81. The van der Waals surface area contributed by atoms with Crippen LogP contribution in [0.5, 0.6) is 5.75 Å². The number of nitrogens with one attached hydrogen (secondary N) is 1. The number of piperidine rings is 1. The SMILES string of the molecule is COc1ccc(C(CNS(=O)(=O)c2ccccc2Cl)N2CCCCC2)cc1. The van der Waals surface area contributed by atoms with Crippen LogP contribution in [-0.2, 0) is 10.0 Å². The third-order valence-corrected chi connectivity index (χ3v) is 6.85. The molecule has 0 aromatic heterocycles. The maximum absolute atomic E-state index is 12.7. The summed E-state index contributed by atoms with van der Waals surface area (Å²) in [7, 11) is -2.05. The molecule has 1 N–H and O–H groups in total. The van der Waals surface area contributed by atoms with E-state index < -0.39 is 10.0 Å². The zero-order chi connectivity index (χ0) is 19.3. The van der Waals surface area contributed by atoms with Crippen molar-refractivity contribution in [3.8, 4) is 5.75 Å². The van der Waals surface area contributed by atoms with Crippen LogP contribution in [0, 0.1) is 0 Å². The average molecular weight is 409 g/mol. The second-order valence-corrected chi connectivity index (χ2v) is 8.81. The van der Waals surface area contributed by atoms with E-state index in [0.29, 0.717) is 6.54 Å². The summed E-state index contributed by atoms with van der Waals surface area (Å²) >= 11 is 6.08. The molecule has 2 aromatic rings. The molecule has 1 aliphatic heterocycles. The van der Waals surface area contributed by atoms with Gasteiger partial charge in [0.1, 0.15) is 10.6 Å². The van der Waals surface area contributed by atoms with E-state index in [1.807, 2.05) is 24.3 Å². The normalized spacial score (nSPS) is 16.8. The summed E-state index contributed by atoms with van der Waals surface area (Å²) in [5.74, 6) is 0.785. The van der Waals surface area contributed by atoms with Gasteiger partial charge in [-0.25, -0.2) is 13.1 Å². The highest BCUT2D eigenvalue weighted by Crippen LogP contribution is 2.27. The van der Waals surface area contributed by atoms with Gasteiger partial charge in [0.25, 0.3) is 0 Å². The van der Waals surface area contributed by atoms with Crippen molar-refractivity contribution in [2.24, 2.45) is 0 Å². The lowest BCUT2D eigenvalue weighted by Gasteiger charge is -2.35. The summed E-state index contributed by atoms with van der Waals surface area (Å²) in [5, 5.41) is 0.226. The van der Waals surface area contributed by atoms with Crippen molar-refractivity contribution in [1.82, 2.24) is 9.62 Å². The Morgan fingerprint density at radius 1 is 1.07 bits per heavy atom. The van der Waals surface area contributed by atoms with Crippen molar-refractivity contribution >= 4 is 21.6 Å². The molecule has 0 bridgehead atoms. The molecule has 1 heterocycles. The molecular formula is C20H25ClN2O3S. The summed E-state index contributed by atoms with van der Waals surface area (Å²) < 4.78 is 33.5. The largest absolute Gasteiger partial charge is 0.497 e. The first kappa shape index (κ1) is 20.1. The molecule has 1 saturated heterocycles. The van der Waals surface area contributed by atoms with Gasteiger partial charge in [0.2, 0.25) is 10.0 Å². The van der Waals surface area contributed by atoms with Gasteiger partial charge in [0.15, 0.2) is 0 Å². The topological polar surface area (TPSA) is 58.6 Å². The first-order valence-corrected chi connectivity index (χ1v) is 11.0. The van der Waals surface area contributed by atoms with Gasteiger partial charge in [-0.1, -0.05) is 42.3 Å². The number of hydrogen-bond donors (Lipinski definition) is 1. The Hall–Kier alpha value is -1.60. The van der Waals surface area contributed by atoms with Gasteiger partial charge in [0, 0.05) is 12.6 Å². The quantitative estimate of drug-likeness (QED) is 0.755. The zero-order valence-electron chi connectivity index (χ0n) is 15.4. The molecule has 1 aliphatic rings. The number of halogens is 1. The van der Waals surface area contributed by atoms with Gasteiger partial charge in [-0.15, -0.1) is 0 Å². The Kier molecular flexibility index (Phi) is 6.76. The highest BCUT2D eigenvalue weighted by atomic mass is 35.5. The monoisotopic (exact) mass is 408 g/mol. The van der Waals surface area contributed by atoms with Crippen molar-refractivity contribution in [2.45, 2.75) is 30.2 Å². The van der Waals surface area contributed by atoms with Gasteiger partial charge < -0.3 is 4.74 Å². The molecule has 1 unspecified atom stereocenters. The fraction of sp³-hybridized carbons (Fsp3) is 0.400. The number of rotatable bonds is 7. The van der Waals surface area contributed by atoms with Crippen LogP contribution in [0.4, 0.5) is 0 Å². The first-order valence-electron chi connectivity index (χ1n) is 9.13. The number of nitrogens with zero attached hydrogens (tertiary/aromatic N) is 1. The number of benzene rings is 2. The summed E-state index contributed by atoms with van der Waals surface area (Å²) in [6.45, 7) is 2.22. The van der Waals surface area contributed by atoms with Crippen molar-refractivity contribution in [2.75, 3.05) is 26.7 Å². The summed E-state index contributed by atoms with van der Waals surface area (Å²) in [6.07, 6.45) is 3.48. The number of hydrogen-bond acceptors (Lipinski definition) is 4. The highest BCUT2D eigenvalue weighted by Gasteiger charge is 2.25. The number of methoxy groups -OCH3 is 1. The molecule has 0 amide bonds. The van der Waals surface area contributed by atoms with Crippen LogP contribution in [0.1, 0.15) is 30.9 Å². The van der Waals surface area contributed by atoms with Gasteiger partial charge >= 0.3 is 0 Å². The Morgan fingerprint density at radius 2 is 1.74 bits per heavy atom. The lowest BCUT2D eigenvalue weighted by molar-refractivity contribution is 0.164. The molecule has 0 radical (unpaired) electrons. The number of sulfonamides is 1. The van der Waals surface area contributed by atoms with E-state index in [1.54, 1.807) is 25.3 Å². The molecule has 2 aromatic carbocycles. The first-order chi connectivity index (χ1) is 13.0. The van der Waals surface area contributed by atoms with Crippen molar-refractivity contribution in [3.63, 3.8) is 0 Å². The molecule has 1 atom stereocenters. The van der Waals surface area contributed by atoms with Crippen LogP contribution in [0.2, 0.25) is 5.02 Å². The van der Waals surface area contributed by atoms with Crippen LogP contribution >= 0.6 is 11.6 Å². The van der Waals surface area contributed by atoms with Gasteiger partial charge in [-0.2, -0.15) is 0 Å². The average Bonchev–Trinajstić information content (AvgIpc) is 2.69. The van der Waals surface area contributed by atoms with E-state index in [4.69, 9.17) is 16.3 Å². The standard InChI is InChI=1S/C20H25ClN2O3S/c1-26-17-11-9-16(10-12-17)19(23-13-5-2-6-14-23)15-22-27(24,25)20-8-4-3-7-18(20)21/h3-4,7-12,19,22H,2,5-6,13-15H2,1H3. The van der Waals surface area contributed by atoms with Gasteiger partial charge in [0.05, 0.1) is 12.1 Å². The molecule has 3 rings (SSSR count). The predicted molar refractivity (Wildman–Crippen MR) is 108 cm³/mol. The predicted octanol–water partition coefficient (Wildman–Crippen LogP) is 3.85. The van der Waals surface area contributed by atoms with Crippen LogP contribution in [0.3, 0.4) is 0 Å². The van der Waals surface area contributed by atoms with Gasteiger partial charge in [-0.3, -0.25) is 4.90 Å². The van der Waals surface area contributed by atoms with Crippen LogP contribution in [0.15, 0.2) is 53.4 Å². The Labute approximate surface area is 166 Å². The molecule has 0 spiro atoms. The lowest BCUT2D eigenvalue weighted by Crippen LogP contribution is -2.40. The van der Waals surface area contributed by atoms with Crippen LogP contribution in [-0.4, -0.2) is 40.1 Å². The molecule has 0 aliphatic carbocycles. The zero-order valence-corrected chi connectivity index (χ0v) is 17.0. The molecule has 5 nitrogen and oxygen atoms in total. The van der Waals surface area contributed by atoms with E-state index in [-0.39, 0.29) is 16.0 Å². The van der Waals surface area contributed by atoms with Crippen molar-refractivity contribution in [3.05, 3.63) is 59.1 Å². The second kappa shape index (κ2) is 9.06. The van der Waals surface area contributed by atoms with Gasteiger partial charge in [-0.05, 0) is 55.8 Å². The van der Waals surface area contributed by atoms with Crippen LogP contribution < -0.4 is 9.46 Å². The minimum atomic E-state index is -3.68. The smallest absolute Gasteiger partial charge is 0.242 e. The molecule has 0 saturated carbocycles. The summed E-state index contributed by atoms with van der Waals surface area (Å²) in [6, 6.07) is 14.3. The summed E-state index contributed by atoms with van der Waals surface area (Å²) in [4.78, 5) is 2.46. The maximum Gasteiger partial charge on any atom is 0.242 e. The molecule has 1 fully saturated rings. The Bertz CT molecular complexity index is 850. The molecule has 146 valence electrons. The van der Waals surface area contributed by atoms with E-state index >= 15 is 0 Å². The van der Waals surface area contributed by atoms with E-state index in [2.05, 4.69) is 9.62 Å². The van der Waals surface area contributed by atoms with Crippen molar-refractivity contribution in [1.29, 1.82) is 0 Å². The minimum Gasteiger partial charge on any atom is -0.497 e. The van der Waals surface area contributed by atoms with E-state index in [1.165, 1.54) is 12.5 Å². The molecule has 27 heavy (non-hydrogen) atoms. The van der Waals surface area contributed by atoms with Crippen molar-refractivity contribution < 1.29 is 13.2 Å². The van der Waals surface area contributed by atoms with E-state index in [9.17, 15) is 8.42 Å². The number of ether oxygens (including phenoxy) is 1. The maximum atomic E-state index is 12.7. The third kappa shape index (κ3) is 5.02. The second-order valence-electron chi connectivity index (χ2n) is 6.67. The fourth-order valence-corrected chi connectivity index (χ4v) is 5.00. The minimum absolute atomic E-state index is 0.0338. The highest BCUT2D eigenvalue weighted by molar-refractivity contribution is 7.89. The Morgan fingerprint density at radius 3 is 2.37 bits per heavy atom. The number of likely N-dealkylation sites (tertiary alicyclic amines) is 1. The third-order valence-electron chi connectivity index (χ3n) is 4.92. The molecular weight excluding hydrogens is 384 g/mol. The van der Waals surface area contributed by atoms with Crippen LogP contribution in [0.25, 0.3) is 0 Å². The lowest BCUT2D eigenvalue weighted by atomic mass is 10.0. The van der Waals surface area contributed by atoms with E-state index in [0.717, 1.165) is 37.2 Å². The fourth-order valence-electron chi connectivity index (χ4n) is 3.44.